The highest BCUT2D eigenvalue weighted by Crippen LogP contribution is 2.30. The topological polar surface area (TPSA) is 201 Å². The molecule has 0 bridgehead atoms. The third-order valence-corrected chi connectivity index (χ3v) is 10.6. The van der Waals surface area contributed by atoms with Gasteiger partial charge in [0.05, 0.1) is 30.3 Å². The van der Waals surface area contributed by atoms with Crippen molar-refractivity contribution in [3.63, 3.8) is 0 Å². The van der Waals surface area contributed by atoms with Gasteiger partial charge >= 0.3 is 6.09 Å². The number of nitrogens with zero attached hydrogens (tertiary/aromatic N) is 5. The molecule has 2 saturated heterocycles. The summed E-state index contributed by atoms with van der Waals surface area (Å²) >= 11 is 0. The van der Waals surface area contributed by atoms with Gasteiger partial charge in [0.15, 0.2) is 0 Å². The smallest absolute Gasteiger partial charge is 0.407 e. The molecule has 1 aromatic carbocycles. The van der Waals surface area contributed by atoms with Crippen LogP contribution in [0, 0.1) is 5.92 Å². The average molecular weight is 790 g/mol. The van der Waals surface area contributed by atoms with Crippen LogP contribution in [0.25, 0.3) is 22.3 Å². The zero-order chi connectivity index (χ0) is 40.0. The van der Waals surface area contributed by atoms with Crippen molar-refractivity contribution in [3.05, 3.63) is 66.2 Å². The number of amides is 3. The van der Waals surface area contributed by atoms with Crippen molar-refractivity contribution < 1.29 is 32.3 Å². The van der Waals surface area contributed by atoms with Crippen molar-refractivity contribution in [1.82, 2.24) is 35.5 Å². The van der Waals surface area contributed by atoms with E-state index in [2.05, 4.69) is 45.7 Å². The minimum absolute atomic E-state index is 0.233. The lowest BCUT2D eigenvalue weighted by molar-refractivity contribution is -0.126. The minimum atomic E-state index is -3.54. The molecular weight excluding hydrogens is 739 g/mol. The van der Waals surface area contributed by atoms with Crippen molar-refractivity contribution in [2.75, 3.05) is 61.6 Å². The monoisotopic (exact) mass is 789 g/mol. The molecule has 0 spiro atoms. The number of piperidine rings is 1. The predicted molar refractivity (Wildman–Crippen MR) is 213 cm³/mol. The number of aromatic nitrogens is 4. The number of ether oxygens (including phenoxy) is 2. The molecular formula is C39H51N9O7S. The number of benzene rings is 1. The molecule has 2 unspecified atom stereocenters. The summed E-state index contributed by atoms with van der Waals surface area (Å²) in [4.78, 5) is 60.2. The highest BCUT2D eigenvalue weighted by molar-refractivity contribution is 7.90. The zero-order valence-electron chi connectivity index (χ0n) is 32.5. The van der Waals surface area contributed by atoms with E-state index in [0.717, 1.165) is 66.0 Å². The lowest BCUT2D eigenvalue weighted by Gasteiger charge is -2.34. The number of carbonyl (C=O) groups excluding carboxylic acids is 3. The molecule has 0 saturated carbocycles. The van der Waals surface area contributed by atoms with Crippen molar-refractivity contribution in [2.45, 2.75) is 64.8 Å². The van der Waals surface area contributed by atoms with Crippen LogP contribution in [-0.2, 0) is 30.7 Å². The number of aromatic amines is 1. The SMILES string of the molecule is C[C@@H](NC(=O)OC(C)(C)C)C(CS(C)(=O)=O)C(=O)NC1CCCN(Cc2ccnc(C(=O)Nc3ccc(-c4cc5c(N6CCOCC6)ncnc5[nH]4)cc3)c2)C1. The summed E-state index contributed by atoms with van der Waals surface area (Å²) in [6.07, 6.45) is 5.04. The molecule has 3 amide bonds. The number of H-pyrrole nitrogens is 1. The fourth-order valence-electron chi connectivity index (χ4n) is 6.99. The third-order valence-electron chi connectivity index (χ3n) is 9.65. The Kier molecular flexibility index (Phi) is 12.6. The average Bonchev–Trinajstić information content (AvgIpc) is 3.58. The molecule has 0 aliphatic carbocycles. The van der Waals surface area contributed by atoms with Gasteiger partial charge in [-0.2, -0.15) is 0 Å². The van der Waals surface area contributed by atoms with Gasteiger partial charge in [0.1, 0.15) is 38.9 Å². The molecule has 17 heteroatoms. The van der Waals surface area contributed by atoms with Crippen LogP contribution in [0.4, 0.5) is 16.3 Å². The quantitative estimate of drug-likeness (QED) is 0.162. The van der Waals surface area contributed by atoms with Crippen LogP contribution in [0.1, 0.15) is 56.6 Å². The molecule has 0 radical (unpaired) electrons. The maximum Gasteiger partial charge on any atom is 0.407 e. The molecule has 2 aliphatic heterocycles. The first-order chi connectivity index (χ1) is 26.6. The summed E-state index contributed by atoms with van der Waals surface area (Å²) < 4.78 is 35.3. The third kappa shape index (κ3) is 11.0. The summed E-state index contributed by atoms with van der Waals surface area (Å²) in [5.41, 5.74) is 3.60. The van der Waals surface area contributed by atoms with Gasteiger partial charge in [-0.1, -0.05) is 12.1 Å². The Morgan fingerprint density at radius 1 is 1.04 bits per heavy atom. The van der Waals surface area contributed by atoms with Crippen LogP contribution in [-0.4, -0.2) is 120 Å². The summed E-state index contributed by atoms with van der Waals surface area (Å²) in [5, 5.41) is 9.54. The number of morpholine rings is 1. The van der Waals surface area contributed by atoms with Crippen molar-refractivity contribution in [2.24, 2.45) is 5.92 Å². The molecule has 56 heavy (non-hydrogen) atoms. The molecule has 4 aromatic rings. The largest absolute Gasteiger partial charge is 0.444 e. The van der Waals surface area contributed by atoms with Gasteiger partial charge < -0.3 is 35.3 Å². The Labute approximate surface area is 327 Å². The molecule has 4 N–H and O–H groups in total. The lowest BCUT2D eigenvalue weighted by atomic mass is 10.00. The van der Waals surface area contributed by atoms with Crippen molar-refractivity contribution >= 4 is 50.3 Å². The molecule has 3 atom stereocenters. The number of nitrogens with one attached hydrogen (secondary N) is 4. The second kappa shape index (κ2) is 17.3. The van der Waals surface area contributed by atoms with Crippen LogP contribution < -0.4 is 20.9 Å². The predicted octanol–water partition coefficient (Wildman–Crippen LogP) is 3.76. The van der Waals surface area contributed by atoms with Gasteiger partial charge in [0.2, 0.25) is 5.91 Å². The molecule has 3 aromatic heterocycles. The molecule has 300 valence electrons. The number of hydrogen-bond acceptors (Lipinski definition) is 12. The van der Waals surface area contributed by atoms with Crippen molar-refractivity contribution in [1.29, 1.82) is 0 Å². The van der Waals surface area contributed by atoms with Crippen LogP contribution in [0.15, 0.2) is 55.0 Å². The Morgan fingerprint density at radius 3 is 2.50 bits per heavy atom. The van der Waals surface area contributed by atoms with Gasteiger partial charge in [-0.25, -0.2) is 23.2 Å². The molecule has 16 nitrogen and oxygen atoms in total. The van der Waals surface area contributed by atoms with E-state index in [1.165, 1.54) is 0 Å². The van der Waals surface area contributed by atoms with Gasteiger partial charge in [0.25, 0.3) is 5.91 Å². The molecule has 5 heterocycles. The highest BCUT2D eigenvalue weighted by atomic mass is 32.2. The van der Waals surface area contributed by atoms with Crippen molar-refractivity contribution in [3.8, 4) is 11.3 Å². The number of rotatable bonds is 12. The zero-order valence-corrected chi connectivity index (χ0v) is 33.3. The number of pyridine rings is 1. The van der Waals surface area contributed by atoms with Gasteiger partial charge in [-0.05, 0) is 88.5 Å². The van der Waals surface area contributed by atoms with E-state index in [1.807, 2.05) is 36.4 Å². The van der Waals surface area contributed by atoms with E-state index in [-0.39, 0.29) is 17.6 Å². The number of sulfone groups is 1. The van der Waals surface area contributed by atoms with E-state index in [0.29, 0.717) is 38.4 Å². The number of fused-ring (bicyclic) bond motifs is 1. The summed E-state index contributed by atoms with van der Waals surface area (Å²) in [6.45, 7) is 11.5. The second-order valence-corrected chi connectivity index (χ2v) is 17.7. The normalized spacial score (nSPS) is 17.9. The summed E-state index contributed by atoms with van der Waals surface area (Å²) in [5.74, 6) is -1.35. The molecule has 2 fully saturated rings. The number of anilines is 2. The standard InChI is InChI=1S/C39H51N9O7S/c1-25(43-38(51)55-39(2,3)4)31(23-56(5,52)53)36(49)45-29-7-6-14-47(22-29)21-26-12-13-40-33(19-26)37(50)44-28-10-8-27(9-11-28)32-20-30-34(46-32)41-24-42-35(30)48-15-17-54-18-16-48/h8-13,19-20,24-25,29,31H,6-7,14-18,21-23H2,1-5H3,(H,43,51)(H,44,50)(H,45,49)(H,41,42,46)/t25-,29?,31?/m1/s1. The Hall–Kier alpha value is -5.13. The number of alkyl carbamates (subject to hydrolysis) is 1. The first-order valence-corrected chi connectivity index (χ1v) is 20.9. The van der Waals surface area contributed by atoms with Gasteiger partial charge in [0, 0.05) is 62.1 Å². The van der Waals surface area contributed by atoms with Crippen LogP contribution >= 0.6 is 0 Å². The number of hydrogen-bond donors (Lipinski definition) is 4. The second-order valence-electron chi connectivity index (χ2n) is 15.5. The van der Waals surface area contributed by atoms with E-state index >= 15 is 0 Å². The lowest BCUT2D eigenvalue weighted by Crippen LogP contribution is -2.53. The van der Waals surface area contributed by atoms with E-state index in [4.69, 9.17) is 9.47 Å². The van der Waals surface area contributed by atoms with Crippen LogP contribution in [0.3, 0.4) is 0 Å². The van der Waals surface area contributed by atoms with E-state index < -0.39 is 45.2 Å². The minimum Gasteiger partial charge on any atom is -0.444 e. The maximum atomic E-state index is 13.5. The Balaban J connectivity index is 1.04. The van der Waals surface area contributed by atoms with Crippen LogP contribution in [0.5, 0.6) is 0 Å². The highest BCUT2D eigenvalue weighted by Gasteiger charge is 2.33. The fourth-order valence-corrected chi connectivity index (χ4v) is 8.08. The fraction of sp³-hybridized carbons (Fsp3) is 0.487. The molecule has 2 aliphatic rings. The molecule has 6 rings (SSSR count). The Morgan fingerprint density at radius 2 is 1.79 bits per heavy atom. The first kappa shape index (κ1) is 40.5. The maximum absolute atomic E-state index is 13.5. The van der Waals surface area contributed by atoms with E-state index in [9.17, 15) is 22.8 Å². The van der Waals surface area contributed by atoms with E-state index in [1.54, 1.807) is 46.3 Å². The van der Waals surface area contributed by atoms with Gasteiger partial charge in [-0.15, -0.1) is 0 Å². The number of carbonyl (C=O) groups is 3. The Bertz CT molecular complexity index is 2130. The van der Waals surface area contributed by atoms with Gasteiger partial charge in [-0.3, -0.25) is 19.5 Å². The van der Waals surface area contributed by atoms with Crippen LogP contribution in [0.2, 0.25) is 0 Å². The number of likely N-dealkylation sites (tertiary alicyclic amines) is 1. The summed E-state index contributed by atoms with van der Waals surface area (Å²) in [7, 11) is -3.54. The first-order valence-electron chi connectivity index (χ1n) is 18.8. The summed E-state index contributed by atoms with van der Waals surface area (Å²) in [6, 6.07) is 12.2.